The minimum Gasteiger partial charge on any atom is -0.355 e. The zero-order valence-electron chi connectivity index (χ0n) is 15.3. The van der Waals surface area contributed by atoms with Crippen LogP contribution < -0.4 is 16.2 Å². The summed E-state index contributed by atoms with van der Waals surface area (Å²) < 4.78 is 1.49. The molecule has 0 bridgehead atoms. The molecule has 0 spiro atoms. The van der Waals surface area contributed by atoms with Crippen molar-refractivity contribution in [3.05, 3.63) is 56.1 Å². The fourth-order valence-electron chi connectivity index (χ4n) is 2.63. The van der Waals surface area contributed by atoms with Crippen LogP contribution in [-0.4, -0.2) is 32.0 Å². The number of hydrogen-bond donors (Lipinski definition) is 2. The Morgan fingerprint density at radius 1 is 1.21 bits per heavy atom. The Labute approximate surface area is 170 Å². The number of nitrogens with zero attached hydrogens (tertiary/aromatic N) is 4. The van der Waals surface area contributed by atoms with E-state index in [0.717, 1.165) is 5.56 Å². The van der Waals surface area contributed by atoms with Crippen LogP contribution in [0.1, 0.15) is 18.2 Å². The van der Waals surface area contributed by atoms with Gasteiger partial charge in [-0.05, 0) is 24.6 Å². The molecule has 3 aromatic rings. The van der Waals surface area contributed by atoms with Gasteiger partial charge >= 0.3 is 0 Å². The zero-order valence-corrected chi connectivity index (χ0v) is 16.8. The molecule has 2 heterocycles. The zero-order chi connectivity index (χ0) is 20.3. The molecule has 0 fully saturated rings. The van der Waals surface area contributed by atoms with Crippen molar-refractivity contribution in [2.24, 2.45) is 0 Å². The second kappa shape index (κ2) is 8.53. The Morgan fingerprint density at radius 2 is 2.00 bits per heavy atom. The Kier molecular flexibility index (Phi) is 6.11. The SMILES string of the molecule is CC(=O)NCCn1c(=O)c(C)nc2cnc(NCc3ccc(Cl)c(Cl)c3)nc21. The predicted molar refractivity (Wildman–Crippen MR) is 109 cm³/mol. The summed E-state index contributed by atoms with van der Waals surface area (Å²) in [5, 5.41) is 6.72. The predicted octanol–water partition coefficient (Wildman–Crippen LogP) is 2.55. The van der Waals surface area contributed by atoms with E-state index in [-0.39, 0.29) is 18.0 Å². The summed E-state index contributed by atoms with van der Waals surface area (Å²) in [6.07, 6.45) is 1.56. The van der Waals surface area contributed by atoms with Crippen LogP contribution in [0.4, 0.5) is 5.95 Å². The molecular weight excluding hydrogens is 403 g/mol. The van der Waals surface area contributed by atoms with Gasteiger partial charge in [0.1, 0.15) is 11.2 Å². The number of aromatic nitrogens is 4. The van der Waals surface area contributed by atoms with E-state index < -0.39 is 0 Å². The van der Waals surface area contributed by atoms with E-state index in [2.05, 4.69) is 25.6 Å². The molecule has 146 valence electrons. The van der Waals surface area contributed by atoms with E-state index in [1.54, 1.807) is 25.3 Å². The van der Waals surface area contributed by atoms with E-state index >= 15 is 0 Å². The van der Waals surface area contributed by atoms with E-state index in [0.29, 0.717) is 45.9 Å². The summed E-state index contributed by atoms with van der Waals surface area (Å²) in [4.78, 5) is 36.5. The van der Waals surface area contributed by atoms with Crippen molar-refractivity contribution in [1.29, 1.82) is 0 Å². The summed E-state index contributed by atoms with van der Waals surface area (Å²) in [6.45, 7) is 4.07. The number of carbonyl (C=O) groups is 1. The molecule has 0 saturated carbocycles. The second-order valence-corrected chi connectivity index (χ2v) is 6.96. The van der Waals surface area contributed by atoms with Crippen molar-refractivity contribution < 1.29 is 4.79 Å². The highest BCUT2D eigenvalue weighted by Crippen LogP contribution is 2.23. The molecule has 0 aliphatic rings. The largest absolute Gasteiger partial charge is 0.355 e. The average molecular weight is 421 g/mol. The molecule has 28 heavy (non-hydrogen) atoms. The third-order valence-corrected chi connectivity index (χ3v) is 4.73. The molecule has 2 N–H and O–H groups in total. The number of benzene rings is 1. The van der Waals surface area contributed by atoms with Crippen LogP contribution in [0.2, 0.25) is 10.0 Å². The summed E-state index contributed by atoms with van der Waals surface area (Å²) in [5.41, 5.74) is 1.89. The highest BCUT2D eigenvalue weighted by atomic mass is 35.5. The van der Waals surface area contributed by atoms with Crippen molar-refractivity contribution in [2.75, 3.05) is 11.9 Å². The van der Waals surface area contributed by atoms with Gasteiger partial charge < -0.3 is 10.6 Å². The molecule has 1 aromatic carbocycles. The lowest BCUT2D eigenvalue weighted by Crippen LogP contribution is -2.31. The van der Waals surface area contributed by atoms with Gasteiger partial charge in [0.25, 0.3) is 5.56 Å². The van der Waals surface area contributed by atoms with Crippen molar-refractivity contribution >= 4 is 46.2 Å². The second-order valence-electron chi connectivity index (χ2n) is 6.14. The maximum absolute atomic E-state index is 12.5. The van der Waals surface area contributed by atoms with Gasteiger partial charge in [-0.25, -0.2) is 9.97 Å². The molecule has 0 aliphatic heterocycles. The van der Waals surface area contributed by atoms with Crippen LogP contribution >= 0.6 is 23.2 Å². The first kappa shape index (κ1) is 20.0. The highest BCUT2D eigenvalue weighted by Gasteiger charge is 2.11. The topological polar surface area (TPSA) is 102 Å². The van der Waals surface area contributed by atoms with E-state index in [1.807, 2.05) is 6.07 Å². The Balaban J connectivity index is 1.88. The lowest BCUT2D eigenvalue weighted by molar-refractivity contribution is -0.118. The van der Waals surface area contributed by atoms with Crippen LogP contribution in [-0.2, 0) is 17.9 Å². The van der Waals surface area contributed by atoms with Crippen molar-refractivity contribution in [2.45, 2.75) is 26.9 Å². The van der Waals surface area contributed by atoms with Gasteiger partial charge in [-0.15, -0.1) is 0 Å². The van der Waals surface area contributed by atoms with Gasteiger partial charge in [0.05, 0.1) is 16.2 Å². The molecule has 3 rings (SSSR count). The molecule has 2 aromatic heterocycles. The standard InChI is InChI=1S/C18H18Cl2N6O2/c1-10-17(28)26(6-5-21-11(2)27)16-15(24-10)9-23-18(25-16)22-8-12-3-4-13(19)14(20)7-12/h3-4,7,9H,5-6,8H2,1-2H3,(H,21,27)(H,22,23,25). The lowest BCUT2D eigenvalue weighted by atomic mass is 10.2. The first-order valence-electron chi connectivity index (χ1n) is 8.51. The monoisotopic (exact) mass is 420 g/mol. The van der Waals surface area contributed by atoms with Crippen LogP contribution in [0.3, 0.4) is 0 Å². The third-order valence-electron chi connectivity index (χ3n) is 3.99. The molecule has 10 heteroatoms. The molecule has 8 nitrogen and oxygen atoms in total. The maximum atomic E-state index is 12.5. The molecule has 1 amide bonds. The van der Waals surface area contributed by atoms with Crippen molar-refractivity contribution in [1.82, 2.24) is 24.8 Å². The molecule has 0 unspecified atom stereocenters. The first-order chi connectivity index (χ1) is 13.3. The summed E-state index contributed by atoms with van der Waals surface area (Å²) in [5.74, 6) is 0.179. The van der Waals surface area contributed by atoms with Crippen LogP contribution in [0.25, 0.3) is 11.2 Å². The molecule has 0 radical (unpaired) electrons. The fraction of sp³-hybridized carbons (Fsp3) is 0.278. The molecular formula is C18H18Cl2N6O2. The van der Waals surface area contributed by atoms with E-state index in [4.69, 9.17) is 23.2 Å². The Hall–Kier alpha value is -2.71. The average Bonchev–Trinajstić information content (AvgIpc) is 2.65. The number of hydrogen-bond acceptors (Lipinski definition) is 6. The van der Waals surface area contributed by atoms with Crippen LogP contribution in [0, 0.1) is 6.92 Å². The molecule has 0 saturated heterocycles. The van der Waals surface area contributed by atoms with Crippen LogP contribution in [0.15, 0.2) is 29.2 Å². The Bertz CT molecular complexity index is 1100. The number of carbonyl (C=O) groups excluding carboxylic acids is 1. The summed E-state index contributed by atoms with van der Waals surface area (Å²) >= 11 is 12.0. The number of amides is 1. The Morgan fingerprint density at radius 3 is 2.71 bits per heavy atom. The van der Waals surface area contributed by atoms with Gasteiger partial charge in [-0.3, -0.25) is 14.2 Å². The number of halogens is 2. The number of rotatable bonds is 6. The quantitative estimate of drug-likeness (QED) is 0.635. The van der Waals surface area contributed by atoms with Gasteiger partial charge in [0.15, 0.2) is 5.65 Å². The van der Waals surface area contributed by atoms with Crippen molar-refractivity contribution in [3.8, 4) is 0 Å². The number of fused-ring (bicyclic) bond motifs is 1. The summed E-state index contributed by atoms with van der Waals surface area (Å²) in [7, 11) is 0. The minimum atomic E-state index is -0.257. The number of anilines is 1. The van der Waals surface area contributed by atoms with Gasteiger partial charge in [0.2, 0.25) is 11.9 Å². The van der Waals surface area contributed by atoms with Gasteiger partial charge in [-0.1, -0.05) is 29.3 Å². The number of aryl methyl sites for hydroxylation is 1. The smallest absolute Gasteiger partial charge is 0.273 e. The van der Waals surface area contributed by atoms with Crippen LogP contribution in [0.5, 0.6) is 0 Å². The third kappa shape index (κ3) is 4.58. The molecule has 0 aliphatic carbocycles. The minimum absolute atomic E-state index is 0.165. The lowest BCUT2D eigenvalue weighted by Gasteiger charge is -2.12. The van der Waals surface area contributed by atoms with E-state index in [9.17, 15) is 9.59 Å². The first-order valence-corrected chi connectivity index (χ1v) is 9.27. The van der Waals surface area contributed by atoms with Crippen molar-refractivity contribution in [3.63, 3.8) is 0 Å². The highest BCUT2D eigenvalue weighted by molar-refractivity contribution is 6.42. The fourth-order valence-corrected chi connectivity index (χ4v) is 2.95. The summed E-state index contributed by atoms with van der Waals surface area (Å²) in [6, 6.07) is 5.32. The molecule has 0 atom stereocenters. The maximum Gasteiger partial charge on any atom is 0.273 e. The van der Waals surface area contributed by atoms with E-state index in [1.165, 1.54) is 11.5 Å². The van der Waals surface area contributed by atoms with Gasteiger partial charge in [0, 0.05) is 26.6 Å². The normalized spacial score (nSPS) is 10.9. The van der Waals surface area contributed by atoms with Gasteiger partial charge in [-0.2, -0.15) is 4.98 Å². The number of nitrogens with one attached hydrogen (secondary N) is 2.